The first-order valence-corrected chi connectivity index (χ1v) is 12.4. The van der Waals surface area contributed by atoms with Crippen molar-refractivity contribution in [1.29, 1.82) is 0 Å². The third kappa shape index (κ3) is 3.88. The Bertz CT molecular complexity index is 1270. The first-order valence-electron chi connectivity index (χ1n) is 11.5. The van der Waals surface area contributed by atoms with Gasteiger partial charge in [0.25, 0.3) is 11.8 Å². The standard InChI is InChI=1S/C26H26N4O3S/c1-16(2)20-15-34-23(28-20)11-13-27-22(31)12-14-29-24-17-7-3-4-8-18(17)26(33)30(24)21-10-6-5-9-19(21)25(29)32/h3-10,15-16,24H,11-14H2,1-2H3,(H,27,31)/t24-/m1/s1. The Hall–Kier alpha value is -3.52. The average Bonchev–Trinajstić information content (AvgIpc) is 3.43. The molecule has 1 N–H and O–H groups in total. The number of carbonyl (C=O) groups excluding carboxylic acids is 3. The predicted octanol–water partition coefficient (Wildman–Crippen LogP) is 4.13. The van der Waals surface area contributed by atoms with E-state index in [0.29, 0.717) is 35.7 Å². The summed E-state index contributed by atoms with van der Waals surface area (Å²) in [5.74, 6) is -0.0345. The molecule has 0 radical (unpaired) electrons. The van der Waals surface area contributed by atoms with Crippen molar-refractivity contribution in [3.8, 4) is 0 Å². The number of hydrogen-bond donors (Lipinski definition) is 1. The van der Waals surface area contributed by atoms with Crippen molar-refractivity contribution >= 4 is 34.7 Å². The van der Waals surface area contributed by atoms with Crippen LogP contribution in [0.5, 0.6) is 0 Å². The number of nitrogens with one attached hydrogen (secondary N) is 1. The lowest BCUT2D eigenvalue weighted by molar-refractivity contribution is -0.121. The zero-order valence-corrected chi connectivity index (χ0v) is 20.0. The van der Waals surface area contributed by atoms with E-state index in [-0.39, 0.29) is 30.7 Å². The minimum absolute atomic E-state index is 0.126. The predicted molar refractivity (Wildman–Crippen MR) is 131 cm³/mol. The molecule has 0 saturated heterocycles. The van der Waals surface area contributed by atoms with Crippen LogP contribution in [0.2, 0.25) is 0 Å². The van der Waals surface area contributed by atoms with Gasteiger partial charge < -0.3 is 10.2 Å². The van der Waals surface area contributed by atoms with Gasteiger partial charge in [0.05, 0.1) is 22.0 Å². The summed E-state index contributed by atoms with van der Waals surface area (Å²) in [6.07, 6.45) is 0.296. The SMILES string of the molecule is CC(C)c1csc(CCNC(=O)CCN2C(=O)c3ccccc3N3C(=O)c4ccccc4[C@H]23)n1. The Labute approximate surface area is 202 Å². The number of nitrogens with zero attached hydrogens (tertiary/aromatic N) is 3. The number of benzene rings is 2. The van der Waals surface area contributed by atoms with E-state index in [1.807, 2.05) is 24.3 Å². The third-order valence-electron chi connectivity index (χ3n) is 6.28. The second-order valence-electron chi connectivity index (χ2n) is 8.82. The normalized spacial score (nSPS) is 16.5. The van der Waals surface area contributed by atoms with Gasteiger partial charge in [0.1, 0.15) is 6.17 Å². The van der Waals surface area contributed by atoms with E-state index in [2.05, 4.69) is 29.5 Å². The highest BCUT2D eigenvalue weighted by Gasteiger charge is 2.47. The number of para-hydroxylation sites is 1. The fraction of sp³-hybridized carbons (Fsp3) is 0.308. The summed E-state index contributed by atoms with van der Waals surface area (Å²) >= 11 is 1.61. The van der Waals surface area contributed by atoms with E-state index in [1.165, 1.54) is 0 Å². The summed E-state index contributed by atoms with van der Waals surface area (Å²) in [5.41, 5.74) is 3.55. The molecule has 3 amide bonds. The van der Waals surface area contributed by atoms with Gasteiger partial charge in [-0.3, -0.25) is 19.3 Å². The molecular formula is C26H26N4O3S. The van der Waals surface area contributed by atoms with Crippen molar-refractivity contribution in [2.45, 2.75) is 38.8 Å². The molecule has 1 aromatic heterocycles. The van der Waals surface area contributed by atoms with Gasteiger partial charge in [0, 0.05) is 42.4 Å². The largest absolute Gasteiger partial charge is 0.356 e. The van der Waals surface area contributed by atoms with Gasteiger partial charge >= 0.3 is 0 Å². The minimum atomic E-state index is -0.538. The Balaban J connectivity index is 1.28. The molecule has 0 unspecified atom stereocenters. The van der Waals surface area contributed by atoms with Gasteiger partial charge in [-0.1, -0.05) is 44.2 Å². The molecule has 5 rings (SSSR count). The van der Waals surface area contributed by atoms with E-state index < -0.39 is 6.17 Å². The minimum Gasteiger partial charge on any atom is -0.356 e. The maximum absolute atomic E-state index is 13.4. The molecule has 8 heteroatoms. The molecule has 2 aliphatic heterocycles. The van der Waals surface area contributed by atoms with E-state index in [9.17, 15) is 14.4 Å². The molecule has 0 bridgehead atoms. The molecular weight excluding hydrogens is 448 g/mol. The van der Waals surface area contributed by atoms with Crippen LogP contribution in [0, 0.1) is 0 Å². The maximum atomic E-state index is 13.4. The molecule has 2 aliphatic rings. The first-order chi connectivity index (χ1) is 16.5. The number of anilines is 1. The lowest BCUT2D eigenvalue weighted by Crippen LogP contribution is -2.49. The highest BCUT2D eigenvalue weighted by Crippen LogP contribution is 2.45. The van der Waals surface area contributed by atoms with Gasteiger partial charge in [0.2, 0.25) is 5.91 Å². The van der Waals surface area contributed by atoms with E-state index in [1.54, 1.807) is 45.4 Å². The van der Waals surface area contributed by atoms with Crippen LogP contribution in [-0.2, 0) is 11.2 Å². The number of carbonyl (C=O) groups is 3. The van der Waals surface area contributed by atoms with Gasteiger partial charge in [-0.2, -0.15) is 0 Å². The van der Waals surface area contributed by atoms with Crippen LogP contribution in [0.15, 0.2) is 53.9 Å². The van der Waals surface area contributed by atoms with Gasteiger partial charge in [-0.05, 0) is 24.1 Å². The molecule has 1 atom stereocenters. The second-order valence-corrected chi connectivity index (χ2v) is 9.77. The lowest BCUT2D eigenvalue weighted by atomic mass is 10.0. The monoisotopic (exact) mass is 474 g/mol. The molecule has 174 valence electrons. The quantitative estimate of drug-likeness (QED) is 0.558. The van der Waals surface area contributed by atoms with Crippen molar-refractivity contribution in [2.75, 3.05) is 18.0 Å². The lowest BCUT2D eigenvalue weighted by Gasteiger charge is -2.40. The summed E-state index contributed by atoms with van der Waals surface area (Å²) in [5, 5.41) is 6.01. The van der Waals surface area contributed by atoms with E-state index in [0.717, 1.165) is 16.3 Å². The topological polar surface area (TPSA) is 82.6 Å². The van der Waals surface area contributed by atoms with Crippen molar-refractivity contribution in [3.63, 3.8) is 0 Å². The highest BCUT2D eigenvalue weighted by molar-refractivity contribution is 7.09. The van der Waals surface area contributed by atoms with Crippen LogP contribution >= 0.6 is 11.3 Å². The van der Waals surface area contributed by atoms with E-state index in [4.69, 9.17) is 0 Å². The Kier molecular flexibility index (Phi) is 5.91. The summed E-state index contributed by atoms with van der Waals surface area (Å²) in [6.45, 7) is 4.94. The number of fused-ring (bicyclic) bond motifs is 5. The number of thiazole rings is 1. The van der Waals surface area contributed by atoms with E-state index >= 15 is 0 Å². The molecule has 34 heavy (non-hydrogen) atoms. The van der Waals surface area contributed by atoms with Crippen molar-refractivity contribution in [3.05, 3.63) is 81.3 Å². The van der Waals surface area contributed by atoms with Crippen LogP contribution in [-0.4, -0.2) is 40.7 Å². The molecule has 0 spiro atoms. The van der Waals surface area contributed by atoms with Gasteiger partial charge in [-0.25, -0.2) is 4.98 Å². The zero-order valence-electron chi connectivity index (χ0n) is 19.2. The highest BCUT2D eigenvalue weighted by atomic mass is 32.1. The van der Waals surface area contributed by atoms with Crippen molar-refractivity contribution in [2.24, 2.45) is 0 Å². The van der Waals surface area contributed by atoms with Crippen molar-refractivity contribution < 1.29 is 14.4 Å². The first kappa shape index (κ1) is 22.3. The second kappa shape index (κ2) is 9.02. The smallest absolute Gasteiger partial charge is 0.260 e. The maximum Gasteiger partial charge on any atom is 0.260 e. The fourth-order valence-corrected chi connectivity index (χ4v) is 5.48. The van der Waals surface area contributed by atoms with Gasteiger partial charge in [0.15, 0.2) is 0 Å². The molecule has 3 aromatic rings. The summed E-state index contributed by atoms with van der Waals surface area (Å²) in [6, 6.07) is 14.5. The third-order valence-corrected chi connectivity index (χ3v) is 7.21. The molecule has 2 aromatic carbocycles. The molecule has 0 saturated carbocycles. The molecule has 0 aliphatic carbocycles. The van der Waals surface area contributed by atoms with Crippen LogP contribution in [0.25, 0.3) is 0 Å². The van der Waals surface area contributed by atoms with Crippen molar-refractivity contribution in [1.82, 2.24) is 15.2 Å². The molecule has 0 fully saturated rings. The Morgan fingerprint density at radius 1 is 1.06 bits per heavy atom. The van der Waals surface area contributed by atoms with Crippen LogP contribution in [0.1, 0.15) is 69.3 Å². The summed E-state index contributed by atoms with van der Waals surface area (Å²) < 4.78 is 0. The van der Waals surface area contributed by atoms with Crippen LogP contribution in [0.4, 0.5) is 5.69 Å². The number of aromatic nitrogens is 1. The number of amides is 3. The van der Waals surface area contributed by atoms with Crippen LogP contribution in [0.3, 0.4) is 0 Å². The molecule has 3 heterocycles. The number of hydrogen-bond acceptors (Lipinski definition) is 5. The Morgan fingerprint density at radius 3 is 2.56 bits per heavy atom. The fourth-order valence-electron chi connectivity index (χ4n) is 4.52. The summed E-state index contributed by atoms with van der Waals surface area (Å²) in [4.78, 5) is 47.1. The van der Waals surface area contributed by atoms with Gasteiger partial charge in [-0.15, -0.1) is 11.3 Å². The van der Waals surface area contributed by atoms with Crippen LogP contribution < -0.4 is 10.2 Å². The molecule has 7 nitrogen and oxygen atoms in total. The summed E-state index contributed by atoms with van der Waals surface area (Å²) in [7, 11) is 0. The zero-order chi connectivity index (χ0) is 23.8. The number of rotatable bonds is 7. The Morgan fingerprint density at radius 2 is 1.79 bits per heavy atom. The average molecular weight is 475 g/mol.